The summed E-state index contributed by atoms with van der Waals surface area (Å²) in [6.07, 6.45) is 5.99. The van der Waals surface area contributed by atoms with Crippen LogP contribution in [-0.4, -0.2) is 45.0 Å². The molecule has 0 aromatic carbocycles. The minimum absolute atomic E-state index is 0.328. The van der Waals surface area contributed by atoms with Crippen LogP contribution in [0, 0.1) is 0 Å². The second-order valence-electron chi connectivity index (χ2n) is 6.00. The van der Waals surface area contributed by atoms with E-state index in [1.54, 1.807) is 20.9 Å². The normalized spacial score (nSPS) is 15.0. The number of sulfone groups is 1. The van der Waals surface area contributed by atoms with Gasteiger partial charge in [0.25, 0.3) is 0 Å². The maximum Gasteiger partial charge on any atom is 0.191 e. The van der Waals surface area contributed by atoms with E-state index < -0.39 is 14.6 Å². The lowest BCUT2D eigenvalue weighted by atomic mass is 10.1. The molecule has 2 N–H and O–H groups in total. The summed E-state index contributed by atoms with van der Waals surface area (Å²) in [6, 6.07) is 0.328. The summed E-state index contributed by atoms with van der Waals surface area (Å²) in [5, 5.41) is 6.39. The SMILES string of the molecule is CCCCCC(C)NC(=NC)NCC(C)(C)S(C)(=O)=O. The van der Waals surface area contributed by atoms with Gasteiger partial charge in [-0.1, -0.05) is 26.2 Å². The number of nitrogens with zero attached hydrogens (tertiary/aromatic N) is 1. The maximum atomic E-state index is 11.7. The Balaban J connectivity index is 4.31. The molecule has 0 spiro atoms. The highest BCUT2D eigenvalue weighted by Gasteiger charge is 2.30. The Hall–Kier alpha value is -0.780. The van der Waals surface area contributed by atoms with Crippen LogP contribution >= 0.6 is 0 Å². The van der Waals surface area contributed by atoms with Gasteiger partial charge in [-0.15, -0.1) is 0 Å². The Bertz CT molecular complexity index is 403. The zero-order valence-corrected chi connectivity index (χ0v) is 14.6. The number of hydrogen-bond acceptors (Lipinski definition) is 3. The molecule has 0 aromatic heterocycles. The predicted molar refractivity (Wildman–Crippen MR) is 87.0 cm³/mol. The third kappa shape index (κ3) is 7.12. The van der Waals surface area contributed by atoms with Gasteiger partial charge in [0, 0.05) is 25.9 Å². The quantitative estimate of drug-likeness (QED) is 0.408. The third-order valence-corrected chi connectivity index (χ3v) is 5.68. The minimum Gasteiger partial charge on any atom is -0.355 e. The fourth-order valence-electron chi connectivity index (χ4n) is 1.63. The molecule has 0 rings (SSSR count). The zero-order valence-electron chi connectivity index (χ0n) is 13.8. The molecule has 6 heteroatoms. The topological polar surface area (TPSA) is 70.6 Å². The Morgan fingerprint density at radius 1 is 1.30 bits per heavy atom. The van der Waals surface area contributed by atoms with E-state index in [0.717, 1.165) is 6.42 Å². The van der Waals surface area contributed by atoms with Crippen molar-refractivity contribution in [2.24, 2.45) is 4.99 Å². The summed E-state index contributed by atoms with van der Waals surface area (Å²) in [5.74, 6) is 0.658. The van der Waals surface area contributed by atoms with Crippen LogP contribution in [0.15, 0.2) is 4.99 Å². The second kappa shape index (κ2) is 8.49. The Morgan fingerprint density at radius 2 is 1.90 bits per heavy atom. The number of hydrogen-bond donors (Lipinski definition) is 2. The molecule has 20 heavy (non-hydrogen) atoms. The predicted octanol–water partition coefficient (Wildman–Crippen LogP) is 1.94. The molecular formula is C14H31N3O2S. The molecule has 0 aliphatic heterocycles. The molecule has 120 valence electrons. The molecule has 0 radical (unpaired) electrons. The lowest BCUT2D eigenvalue weighted by Gasteiger charge is -2.25. The first kappa shape index (κ1) is 19.2. The van der Waals surface area contributed by atoms with Crippen molar-refractivity contribution in [3.8, 4) is 0 Å². The maximum absolute atomic E-state index is 11.7. The summed E-state index contributed by atoms with van der Waals surface area (Å²) in [6.45, 7) is 8.07. The van der Waals surface area contributed by atoms with Crippen molar-refractivity contribution < 1.29 is 8.42 Å². The van der Waals surface area contributed by atoms with E-state index in [-0.39, 0.29) is 0 Å². The van der Waals surface area contributed by atoms with Gasteiger partial charge in [0.2, 0.25) is 0 Å². The molecule has 0 amide bonds. The van der Waals surface area contributed by atoms with Gasteiger partial charge in [-0.2, -0.15) is 0 Å². The molecule has 0 aromatic rings. The van der Waals surface area contributed by atoms with Crippen molar-refractivity contribution in [3.63, 3.8) is 0 Å². The van der Waals surface area contributed by atoms with Crippen molar-refractivity contribution in [1.29, 1.82) is 0 Å². The molecular weight excluding hydrogens is 274 g/mol. The zero-order chi connectivity index (χ0) is 15.8. The highest BCUT2D eigenvalue weighted by Crippen LogP contribution is 2.13. The van der Waals surface area contributed by atoms with Crippen LogP contribution < -0.4 is 10.6 Å². The largest absolute Gasteiger partial charge is 0.355 e. The van der Waals surface area contributed by atoms with Crippen molar-refractivity contribution in [3.05, 3.63) is 0 Å². The summed E-state index contributed by atoms with van der Waals surface area (Å²) < 4.78 is 22.5. The van der Waals surface area contributed by atoms with Crippen LogP contribution in [0.2, 0.25) is 0 Å². The molecule has 0 aliphatic rings. The van der Waals surface area contributed by atoms with E-state index in [2.05, 4.69) is 29.5 Å². The first-order valence-corrected chi connectivity index (χ1v) is 9.20. The first-order chi connectivity index (χ1) is 9.14. The van der Waals surface area contributed by atoms with Gasteiger partial charge in [0.1, 0.15) is 0 Å². The molecule has 0 heterocycles. The van der Waals surface area contributed by atoms with Gasteiger partial charge >= 0.3 is 0 Å². The Labute approximate surface area is 124 Å². The number of guanidine groups is 1. The van der Waals surface area contributed by atoms with Crippen molar-refractivity contribution in [1.82, 2.24) is 10.6 Å². The van der Waals surface area contributed by atoms with Crippen LogP contribution in [0.5, 0.6) is 0 Å². The molecule has 0 saturated heterocycles. The van der Waals surface area contributed by atoms with Crippen molar-refractivity contribution in [2.45, 2.75) is 64.2 Å². The Kier molecular flexibility index (Phi) is 8.16. The number of unbranched alkanes of at least 4 members (excludes halogenated alkanes) is 2. The number of aliphatic imine (C=N–C) groups is 1. The van der Waals surface area contributed by atoms with E-state index in [0.29, 0.717) is 18.5 Å². The van der Waals surface area contributed by atoms with Gasteiger partial charge in [-0.05, 0) is 27.2 Å². The summed E-state index contributed by atoms with van der Waals surface area (Å²) in [4.78, 5) is 4.14. The van der Waals surface area contributed by atoms with E-state index >= 15 is 0 Å². The molecule has 1 unspecified atom stereocenters. The number of rotatable bonds is 8. The van der Waals surface area contributed by atoms with Gasteiger partial charge in [-0.3, -0.25) is 4.99 Å². The van der Waals surface area contributed by atoms with E-state index in [1.807, 2.05) is 0 Å². The first-order valence-electron chi connectivity index (χ1n) is 7.31. The van der Waals surface area contributed by atoms with Crippen LogP contribution in [0.3, 0.4) is 0 Å². The van der Waals surface area contributed by atoms with Gasteiger partial charge in [-0.25, -0.2) is 8.42 Å². The van der Waals surface area contributed by atoms with Crippen LogP contribution in [0.4, 0.5) is 0 Å². The molecule has 0 aliphatic carbocycles. The monoisotopic (exact) mass is 305 g/mol. The van der Waals surface area contributed by atoms with Crippen LogP contribution in [-0.2, 0) is 9.84 Å². The highest BCUT2D eigenvalue weighted by atomic mass is 32.2. The summed E-state index contributed by atoms with van der Waals surface area (Å²) in [5.41, 5.74) is 0. The average Bonchev–Trinajstić information content (AvgIpc) is 2.33. The molecule has 1 atom stereocenters. The van der Waals surface area contributed by atoms with Crippen LogP contribution in [0.1, 0.15) is 53.4 Å². The van der Waals surface area contributed by atoms with Gasteiger partial charge in [0.05, 0.1) is 4.75 Å². The second-order valence-corrected chi connectivity index (χ2v) is 8.65. The standard InChI is InChI=1S/C14H31N3O2S/c1-7-8-9-10-12(2)17-13(15-5)16-11-14(3,4)20(6,18)19/h12H,7-11H2,1-6H3,(H2,15,16,17). The van der Waals surface area contributed by atoms with E-state index in [9.17, 15) is 8.42 Å². The van der Waals surface area contributed by atoms with Gasteiger partial charge < -0.3 is 10.6 Å². The van der Waals surface area contributed by atoms with Gasteiger partial charge in [0.15, 0.2) is 15.8 Å². The number of nitrogens with one attached hydrogen (secondary N) is 2. The minimum atomic E-state index is -3.10. The molecule has 0 bridgehead atoms. The molecule has 5 nitrogen and oxygen atoms in total. The lowest BCUT2D eigenvalue weighted by molar-refractivity contribution is 0.530. The Morgan fingerprint density at radius 3 is 2.35 bits per heavy atom. The smallest absolute Gasteiger partial charge is 0.191 e. The highest BCUT2D eigenvalue weighted by molar-refractivity contribution is 7.92. The average molecular weight is 305 g/mol. The van der Waals surface area contributed by atoms with E-state index in [4.69, 9.17) is 0 Å². The summed E-state index contributed by atoms with van der Waals surface area (Å²) in [7, 11) is -1.40. The fourth-order valence-corrected chi connectivity index (χ4v) is 1.96. The molecule has 0 saturated carbocycles. The van der Waals surface area contributed by atoms with Crippen molar-refractivity contribution >= 4 is 15.8 Å². The summed E-state index contributed by atoms with van der Waals surface area (Å²) >= 11 is 0. The molecule has 0 fully saturated rings. The van der Waals surface area contributed by atoms with Crippen molar-refractivity contribution in [2.75, 3.05) is 19.8 Å². The third-order valence-electron chi connectivity index (χ3n) is 3.53. The lowest BCUT2D eigenvalue weighted by Crippen LogP contribution is -2.49. The fraction of sp³-hybridized carbons (Fsp3) is 0.929. The van der Waals surface area contributed by atoms with Crippen LogP contribution in [0.25, 0.3) is 0 Å². The van der Waals surface area contributed by atoms with E-state index in [1.165, 1.54) is 25.5 Å².